The van der Waals surface area contributed by atoms with Crippen LogP contribution in [0.3, 0.4) is 0 Å². The van der Waals surface area contributed by atoms with Gasteiger partial charge in [0.05, 0.1) is 6.04 Å². The van der Waals surface area contributed by atoms with Crippen molar-refractivity contribution in [1.82, 2.24) is 9.80 Å². The molecule has 5 heteroatoms. The van der Waals surface area contributed by atoms with Crippen molar-refractivity contribution in [2.24, 2.45) is 0 Å². The van der Waals surface area contributed by atoms with Crippen LogP contribution in [0, 0.1) is 0 Å². The molecule has 2 aromatic carbocycles. The van der Waals surface area contributed by atoms with E-state index in [4.69, 9.17) is 0 Å². The highest BCUT2D eigenvalue weighted by atomic mass is 32.1. The van der Waals surface area contributed by atoms with Gasteiger partial charge in [-0.25, -0.2) is 0 Å². The first kappa shape index (κ1) is 26.9. The molecule has 0 N–H and O–H groups in total. The Labute approximate surface area is 225 Å². The molecule has 3 aromatic rings. The number of benzene rings is 2. The first-order valence-corrected chi connectivity index (χ1v) is 14.1. The van der Waals surface area contributed by atoms with Crippen molar-refractivity contribution < 1.29 is 9.59 Å². The largest absolute Gasteiger partial charge is 0.330 e. The third-order valence-electron chi connectivity index (χ3n) is 7.31. The van der Waals surface area contributed by atoms with Crippen LogP contribution in [-0.2, 0) is 21.4 Å². The maximum absolute atomic E-state index is 13.9. The smallest absolute Gasteiger partial charge is 0.247 e. The summed E-state index contributed by atoms with van der Waals surface area (Å²) in [5.41, 5.74) is 4.63. The number of amides is 2. The summed E-state index contributed by atoms with van der Waals surface area (Å²) in [4.78, 5) is 32.1. The van der Waals surface area contributed by atoms with Crippen molar-refractivity contribution in [1.29, 1.82) is 0 Å². The first-order valence-electron chi connectivity index (χ1n) is 13.2. The maximum atomic E-state index is 13.9. The molecule has 1 aromatic heterocycles. The predicted octanol–water partition coefficient (Wildman–Crippen LogP) is 6.86. The van der Waals surface area contributed by atoms with Crippen molar-refractivity contribution in [2.75, 3.05) is 13.1 Å². The molecule has 4 nitrogen and oxygen atoms in total. The number of carbonyl (C=O) groups is 2. The molecule has 0 fully saturated rings. The van der Waals surface area contributed by atoms with Gasteiger partial charge in [0.1, 0.15) is 6.54 Å². The standard InChI is InChI=1S/C32H38N2O2S/c1-6-23(2)34(29(35)17-12-24-10-8-7-9-11-24)22-30(36)33-20-18-28-27(19-21-37-28)31(33)25-13-15-26(16-14-25)32(3,4)5/h7-17,19,21,23,31H,6,18,20,22H2,1-5H3/b17-12+/t23-,31+/m1/s1. The van der Waals surface area contributed by atoms with Gasteiger partial charge in [-0.1, -0.05) is 82.3 Å². The Bertz CT molecular complexity index is 1240. The van der Waals surface area contributed by atoms with Gasteiger partial charge in [0.2, 0.25) is 11.8 Å². The first-order chi connectivity index (χ1) is 17.7. The van der Waals surface area contributed by atoms with E-state index >= 15 is 0 Å². The van der Waals surface area contributed by atoms with E-state index in [2.05, 4.69) is 63.4 Å². The zero-order valence-electron chi connectivity index (χ0n) is 22.6. The summed E-state index contributed by atoms with van der Waals surface area (Å²) >= 11 is 1.77. The maximum Gasteiger partial charge on any atom is 0.247 e. The van der Waals surface area contributed by atoms with E-state index in [1.807, 2.05) is 48.2 Å². The molecule has 0 saturated carbocycles. The normalized spacial score (nSPS) is 16.5. The Morgan fingerprint density at radius 1 is 1.08 bits per heavy atom. The molecule has 2 atom stereocenters. The molecular weight excluding hydrogens is 476 g/mol. The summed E-state index contributed by atoms with van der Waals surface area (Å²) < 4.78 is 0. The van der Waals surface area contributed by atoms with E-state index < -0.39 is 0 Å². The molecule has 2 amide bonds. The number of rotatable bonds is 7. The molecule has 1 aliphatic heterocycles. The second kappa shape index (κ2) is 11.5. The fourth-order valence-electron chi connectivity index (χ4n) is 4.85. The van der Waals surface area contributed by atoms with Crippen molar-refractivity contribution in [3.05, 3.63) is 99.3 Å². The zero-order valence-corrected chi connectivity index (χ0v) is 23.4. The van der Waals surface area contributed by atoms with Crippen molar-refractivity contribution in [3.63, 3.8) is 0 Å². The molecule has 0 radical (unpaired) electrons. The lowest BCUT2D eigenvalue weighted by molar-refractivity contribution is -0.141. The molecule has 2 heterocycles. The van der Waals surface area contributed by atoms with Gasteiger partial charge in [-0.3, -0.25) is 9.59 Å². The minimum atomic E-state index is -0.134. The quantitative estimate of drug-likeness (QED) is 0.323. The number of nitrogens with zero attached hydrogens (tertiary/aromatic N) is 2. The van der Waals surface area contributed by atoms with Gasteiger partial charge >= 0.3 is 0 Å². The molecule has 0 unspecified atom stereocenters. The van der Waals surface area contributed by atoms with Gasteiger partial charge < -0.3 is 9.80 Å². The Balaban J connectivity index is 1.59. The van der Waals surface area contributed by atoms with E-state index in [0.29, 0.717) is 6.54 Å². The van der Waals surface area contributed by atoms with Gasteiger partial charge in [-0.2, -0.15) is 0 Å². The minimum Gasteiger partial charge on any atom is -0.330 e. The highest BCUT2D eigenvalue weighted by Crippen LogP contribution is 2.38. The van der Waals surface area contributed by atoms with Gasteiger partial charge in [0.25, 0.3) is 0 Å². The van der Waals surface area contributed by atoms with E-state index in [1.54, 1.807) is 22.3 Å². The lowest BCUT2D eigenvalue weighted by Gasteiger charge is -2.38. The Kier molecular flexibility index (Phi) is 8.33. The van der Waals surface area contributed by atoms with E-state index in [0.717, 1.165) is 24.0 Å². The van der Waals surface area contributed by atoms with Gasteiger partial charge in [-0.15, -0.1) is 11.3 Å². The van der Waals surface area contributed by atoms with Crippen LogP contribution < -0.4 is 0 Å². The molecular formula is C32H38N2O2S. The average molecular weight is 515 g/mol. The lowest BCUT2D eigenvalue weighted by atomic mass is 9.85. The monoisotopic (exact) mass is 514 g/mol. The average Bonchev–Trinajstić information content (AvgIpc) is 3.38. The van der Waals surface area contributed by atoms with Crippen LogP contribution in [0.1, 0.15) is 74.2 Å². The van der Waals surface area contributed by atoms with Crippen LogP contribution >= 0.6 is 11.3 Å². The second-order valence-corrected chi connectivity index (χ2v) is 11.9. The van der Waals surface area contributed by atoms with Gasteiger partial charge in [-0.05, 0) is 65.0 Å². The topological polar surface area (TPSA) is 40.6 Å². The molecule has 194 valence electrons. The molecule has 0 bridgehead atoms. The van der Waals surface area contributed by atoms with Crippen LogP contribution in [0.4, 0.5) is 0 Å². The predicted molar refractivity (Wildman–Crippen MR) is 154 cm³/mol. The summed E-state index contributed by atoms with van der Waals surface area (Å²) in [5, 5.41) is 2.12. The van der Waals surface area contributed by atoms with Crippen LogP contribution in [-0.4, -0.2) is 40.7 Å². The van der Waals surface area contributed by atoms with E-state index in [9.17, 15) is 9.59 Å². The zero-order chi connectivity index (χ0) is 26.6. The summed E-state index contributed by atoms with van der Waals surface area (Å²) in [6.07, 6.45) is 5.04. The molecule has 0 saturated heterocycles. The molecule has 0 spiro atoms. The fraction of sp³-hybridized carbons (Fsp3) is 0.375. The van der Waals surface area contributed by atoms with Crippen molar-refractivity contribution >= 4 is 29.2 Å². The summed E-state index contributed by atoms with van der Waals surface area (Å²) in [6, 6.07) is 20.4. The van der Waals surface area contributed by atoms with Gasteiger partial charge in [0.15, 0.2) is 0 Å². The summed E-state index contributed by atoms with van der Waals surface area (Å²) in [7, 11) is 0. The summed E-state index contributed by atoms with van der Waals surface area (Å²) in [6.45, 7) is 11.4. The van der Waals surface area contributed by atoms with E-state index in [1.165, 1.54) is 16.0 Å². The van der Waals surface area contributed by atoms with Crippen LogP contribution in [0.25, 0.3) is 6.08 Å². The Morgan fingerprint density at radius 2 is 1.78 bits per heavy atom. The fourth-order valence-corrected chi connectivity index (χ4v) is 5.75. The van der Waals surface area contributed by atoms with Gasteiger partial charge in [0, 0.05) is 23.5 Å². The minimum absolute atomic E-state index is 0.0106. The molecule has 0 aliphatic carbocycles. The SMILES string of the molecule is CC[C@@H](C)N(CC(=O)N1CCc2sccc2[C@@H]1c1ccc(C(C)(C)C)cc1)C(=O)/C=C/c1ccccc1. The molecule has 1 aliphatic rings. The lowest BCUT2D eigenvalue weighted by Crippen LogP contribution is -2.48. The second-order valence-electron chi connectivity index (χ2n) is 10.9. The Hall–Kier alpha value is -3.18. The highest BCUT2D eigenvalue weighted by Gasteiger charge is 2.34. The Morgan fingerprint density at radius 3 is 2.43 bits per heavy atom. The number of hydrogen-bond donors (Lipinski definition) is 0. The van der Waals surface area contributed by atoms with Crippen LogP contribution in [0.15, 0.2) is 72.1 Å². The van der Waals surface area contributed by atoms with Crippen molar-refractivity contribution in [2.45, 2.75) is 65.0 Å². The molecule has 37 heavy (non-hydrogen) atoms. The number of thiophene rings is 1. The summed E-state index contributed by atoms with van der Waals surface area (Å²) in [5.74, 6) is -0.144. The van der Waals surface area contributed by atoms with Crippen LogP contribution in [0.2, 0.25) is 0 Å². The third kappa shape index (κ3) is 6.22. The highest BCUT2D eigenvalue weighted by molar-refractivity contribution is 7.10. The number of carbonyl (C=O) groups excluding carboxylic acids is 2. The van der Waals surface area contributed by atoms with Crippen LogP contribution in [0.5, 0.6) is 0 Å². The number of fused-ring (bicyclic) bond motifs is 1. The third-order valence-corrected chi connectivity index (χ3v) is 8.30. The molecule has 4 rings (SSSR count). The number of hydrogen-bond acceptors (Lipinski definition) is 3. The van der Waals surface area contributed by atoms with E-state index in [-0.39, 0.29) is 35.9 Å². The van der Waals surface area contributed by atoms with Crippen molar-refractivity contribution in [3.8, 4) is 0 Å².